The van der Waals surface area contributed by atoms with Gasteiger partial charge in [0, 0.05) is 18.3 Å². The molecule has 2 heterocycles. The summed E-state index contributed by atoms with van der Waals surface area (Å²) in [4.78, 5) is 8.91. The Morgan fingerprint density at radius 3 is 2.83 bits per heavy atom. The average molecular weight is 399 g/mol. The van der Waals surface area contributed by atoms with Crippen LogP contribution in [-0.2, 0) is 0 Å². The van der Waals surface area contributed by atoms with Gasteiger partial charge in [0.1, 0.15) is 18.5 Å². The molecular weight excluding hydrogens is 374 g/mol. The van der Waals surface area contributed by atoms with Crippen LogP contribution in [0.25, 0.3) is 16.7 Å². The lowest BCUT2D eigenvalue weighted by atomic mass is 9.93. The molecule has 0 unspecified atom stereocenters. The van der Waals surface area contributed by atoms with Crippen molar-refractivity contribution in [1.29, 1.82) is 0 Å². The molecular formula is C20H25N5O4. The van der Waals surface area contributed by atoms with Crippen molar-refractivity contribution >= 4 is 16.9 Å². The Morgan fingerprint density at radius 1 is 1.21 bits per heavy atom. The molecule has 0 bridgehead atoms. The van der Waals surface area contributed by atoms with Gasteiger partial charge in [0.2, 0.25) is 5.95 Å². The van der Waals surface area contributed by atoms with Crippen LogP contribution in [0.15, 0.2) is 36.7 Å². The number of hydrogen-bond donors (Lipinski definition) is 4. The van der Waals surface area contributed by atoms with E-state index in [9.17, 15) is 10.2 Å². The van der Waals surface area contributed by atoms with E-state index in [0.29, 0.717) is 17.5 Å². The second kappa shape index (κ2) is 8.73. The van der Waals surface area contributed by atoms with E-state index in [4.69, 9.17) is 9.84 Å². The summed E-state index contributed by atoms with van der Waals surface area (Å²) < 4.78 is 7.34. The van der Waals surface area contributed by atoms with Crippen molar-refractivity contribution in [2.24, 2.45) is 0 Å². The van der Waals surface area contributed by atoms with Crippen LogP contribution in [0.3, 0.4) is 0 Å². The highest BCUT2D eigenvalue weighted by atomic mass is 16.5. The van der Waals surface area contributed by atoms with Gasteiger partial charge in [-0.1, -0.05) is 6.07 Å². The number of hydrogen-bond acceptors (Lipinski definition) is 8. The predicted octanol–water partition coefficient (Wildman–Crippen LogP) is 1.26. The number of aliphatic hydroxyl groups excluding tert-OH is 3. The van der Waals surface area contributed by atoms with E-state index in [2.05, 4.69) is 20.4 Å². The quantitative estimate of drug-likeness (QED) is 0.468. The Hall–Kier alpha value is -2.75. The normalized spacial score (nSPS) is 20.5. The fourth-order valence-corrected chi connectivity index (χ4v) is 3.51. The number of ether oxygens (including phenoxy) is 1. The van der Waals surface area contributed by atoms with Crippen LogP contribution >= 0.6 is 0 Å². The van der Waals surface area contributed by atoms with Crippen LogP contribution in [0.5, 0.6) is 5.75 Å². The lowest BCUT2D eigenvalue weighted by Crippen LogP contribution is -2.29. The van der Waals surface area contributed by atoms with E-state index in [1.165, 1.54) is 0 Å². The van der Waals surface area contributed by atoms with Gasteiger partial charge in [0.05, 0.1) is 29.8 Å². The van der Waals surface area contributed by atoms with Crippen molar-refractivity contribution in [3.05, 3.63) is 36.7 Å². The zero-order valence-corrected chi connectivity index (χ0v) is 16.0. The fraction of sp³-hybridized carbons (Fsp3) is 0.450. The molecule has 1 atom stereocenters. The van der Waals surface area contributed by atoms with E-state index in [-0.39, 0.29) is 25.4 Å². The number of anilines is 1. The van der Waals surface area contributed by atoms with Gasteiger partial charge >= 0.3 is 0 Å². The highest BCUT2D eigenvalue weighted by Gasteiger charge is 2.20. The Labute approximate surface area is 168 Å². The number of nitrogens with one attached hydrogen (secondary N) is 1. The fourth-order valence-electron chi connectivity index (χ4n) is 3.51. The molecule has 4 rings (SSSR count). The smallest absolute Gasteiger partial charge is 0.224 e. The zero-order chi connectivity index (χ0) is 20.2. The number of aromatic nitrogens is 4. The molecule has 154 valence electrons. The predicted molar refractivity (Wildman–Crippen MR) is 107 cm³/mol. The van der Waals surface area contributed by atoms with Crippen LogP contribution in [0, 0.1) is 0 Å². The SMILES string of the molecule is OC[C@H](O)COc1cccc2c1cnn2-c1ccnc(N[C@H]2CC[C@H](O)CC2)n1. The Kier molecular flexibility index (Phi) is 5.89. The van der Waals surface area contributed by atoms with Crippen LogP contribution in [-0.4, -0.2) is 66.5 Å². The monoisotopic (exact) mass is 399 g/mol. The first kappa shape index (κ1) is 19.6. The van der Waals surface area contributed by atoms with Gasteiger partial charge in [-0.2, -0.15) is 10.1 Å². The van der Waals surface area contributed by atoms with E-state index in [0.717, 1.165) is 36.6 Å². The van der Waals surface area contributed by atoms with Crippen LogP contribution in [0.1, 0.15) is 25.7 Å². The minimum Gasteiger partial charge on any atom is -0.490 e. The first-order chi connectivity index (χ1) is 14.1. The summed E-state index contributed by atoms with van der Waals surface area (Å²) in [6.45, 7) is -0.357. The first-order valence-electron chi connectivity index (χ1n) is 9.80. The molecule has 1 aliphatic carbocycles. The minimum atomic E-state index is -0.934. The van der Waals surface area contributed by atoms with Gasteiger partial charge in [-0.15, -0.1) is 0 Å². The highest BCUT2D eigenvalue weighted by Crippen LogP contribution is 2.27. The van der Waals surface area contributed by atoms with Crippen molar-refractivity contribution < 1.29 is 20.1 Å². The van der Waals surface area contributed by atoms with E-state index < -0.39 is 6.10 Å². The molecule has 0 saturated heterocycles. The average Bonchev–Trinajstić information content (AvgIpc) is 3.18. The van der Waals surface area contributed by atoms with E-state index in [1.54, 1.807) is 29.2 Å². The van der Waals surface area contributed by atoms with Crippen molar-refractivity contribution in [2.75, 3.05) is 18.5 Å². The summed E-state index contributed by atoms with van der Waals surface area (Å²) in [7, 11) is 0. The van der Waals surface area contributed by atoms with Crippen molar-refractivity contribution in [1.82, 2.24) is 19.7 Å². The van der Waals surface area contributed by atoms with Crippen LogP contribution < -0.4 is 10.1 Å². The maximum absolute atomic E-state index is 9.66. The largest absolute Gasteiger partial charge is 0.490 e. The molecule has 1 saturated carbocycles. The summed E-state index contributed by atoms with van der Waals surface area (Å²) in [6, 6.07) is 7.58. The molecule has 9 heteroatoms. The molecule has 1 aliphatic rings. The molecule has 0 amide bonds. The third-order valence-corrected chi connectivity index (χ3v) is 5.10. The molecule has 3 aromatic rings. The molecule has 1 aromatic carbocycles. The molecule has 0 aliphatic heterocycles. The maximum atomic E-state index is 9.66. The number of rotatable bonds is 7. The van der Waals surface area contributed by atoms with Crippen molar-refractivity contribution in [3.8, 4) is 11.6 Å². The summed E-state index contributed by atoms with van der Waals surface area (Å²) in [6.07, 6.45) is 5.59. The lowest BCUT2D eigenvalue weighted by Gasteiger charge is -2.26. The standard InChI is InChI=1S/C20H25N5O4/c26-11-15(28)12-29-18-3-1-2-17-16(18)10-22-25(17)19-8-9-21-20(24-19)23-13-4-6-14(27)7-5-13/h1-3,8-10,13-15,26-28H,4-7,11-12H2,(H,21,23,24)/t13-,14-,15-/m0/s1. The first-order valence-corrected chi connectivity index (χ1v) is 9.80. The summed E-state index contributed by atoms with van der Waals surface area (Å²) in [5, 5.41) is 36.7. The Bertz CT molecular complexity index is 955. The molecule has 9 nitrogen and oxygen atoms in total. The zero-order valence-electron chi connectivity index (χ0n) is 16.0. The highest BCUT2D eigenvalue weighted by molar-refractivity contribution is 5.86. The summed E-state index contributed by atoms with van der Waals surface area (Å²) in [5.74, 6) is 1.74. The van der Waals surface area contributed by atoms with Crippen LogP contribution in [0.2, 0.25) is 0 Å². The number of aliphatic hydroxyl groups is 3. The number of benzene rings is 1. The lowest BCUT2D eigenvalue weighted by molar-refractivity contribution is 0.0541. The van der Waals surface area contributed by atoms with Gasteiger partial charge in [-0.3, -0.25) is 0 Å². The van der Waals surface area contributed by atoms with Crippen molar-refractivity contribution in [2.45, 2.75) is 43.9 Å². The third-order valence-electron chi connectivity index (χ3n) is 5.10. The number of nitrogens with zero attached hydrogens (tertiary/aromatic N) is 4. The topological polar surface area (TPSA) is 126 Å². The van der Waals surface area contributed by atoms with Gasteiger partial charge < -0.3 is 25.4 Å². The minimum absolute atomic E-state index is 0.00153. The Morgan fingerprint density at radius 2 is 2.03 bits per heavy atom. The molecule has 1 fully saturated rings. The van der Waals surface area contributed by atoms with Gasteiger partial charge in [0.25, 0.3) is 0 Å². The van der Waals surface area contributed by atoms with Crippen LogP contribution in [0.4, 0.5) is 5.95 Å². The molecule has 0 radical (unpaired) electrons. The van der Waals surface area contributed by atoms with Crippen molar-refractivity contribution in [3.63, 3.8) is 0 Å². The van der Waals surface area contributed by atoms with Gasteiger partial charge in [0.15, 0.2) is 5.82 Å². The second-order valence-corrected chi connectivity index (χ2v) is 7.28. The molecule has 2 aromatic heterocycles. The van der Waals surface area contributed by atoms with Gasteiger partial charge in [-0.25, -0.2) is 9.67 Å². The molecule has 0 spiro atoms. The Balaban J connectivity index is 1.55. The summed E-state index contributed by atoms with van der Waals surface area (Å²) >= 11 is 0. The van der Waals surface area contributed by atoms with Gasteiger partial charge in [-0.05, 0) is 37.8 Å². The van der Waals surface area contributed by atoms with E-state index in [1.807, 2.05) is 12.1 Å². The van der Waals surface area contributed by atoms with E-state index >= 15 is 0 Å². The second-order valence-electron chi connectivity index (χ2n) is 7.28. The number of fused-ring (bicyclic) bond motifs is 1. The maximum Gasteiger partial charge on any atom is 0.224 e. The third kappa shape index (κ3) is 4.47. The molecule has 29 heavy (non-hydrogen) atoms. The summed E-state index contributed by atoms with van der Waals surface area (Å²) in [5.41, 5.74) is 0.812. The molecule has 4 N–H and O–H groups in total.